The van der Waals surface area contributed by atoms with Crippen LogP contribution in [0.4, 0.5) is 18.9 Å². The summed E-state index contributed by atoms with van der Waals surface area (Å²) in [4.78, 5) is 13.7. The monoisotopic (exact) mass is 530 g/mol. The third kappa shape index (κ3) is 4.14. The topological polar surface area (TPSA) is 51.9 Å². The summed E-state index contributed by atoms with van der Waals surface area (Å²) in [6, 6.07) is 24.9. The summed E-state index contributed by atoms with van der Waals surface area (Å²) in [5.41, 5.74) is 3.06. The van der Waals surface area contributed by atoms with Gasteiger partial charge in [-0.2, -0.15) is 18.3 Å². The molecule has 5 nitrogen and oxygen atoms in total. The van der Waals surface area contributed by atoms with E-state index in [0.29, 0.717) is 27.5 Å². The van der Waals surface area contributed by atoms with Crippen LogP contribution >= 0.6 is 11.3 Å². The van der Waals surface area contributed by atoms with Crippen molar-refractivity contribution in [2.75, 3.05) is 5.32 Å². The number of benzene rings is 3. The number of alkyl halides is 3. The Kier molecular flexibility index (Phi) is 5.80. The molecule has 0 atom stereocenters. The van der Waals surface area contributed by atoms with E-state index in [0.717, 1.165) is 34.4 Å². The highest BCUT2D eigenvalue weighted by Crippen LogP contribution is 2.35. The summed E-state index contributed by atoms with van der Waals surface area (Å²) in [6.45, 7) is 2.93. The molecule has 38 heavy (non-hydrogen) atoms. The number of carbonyl (C=O) groups is 1. The first-order valence-electron chi connectivity index (χ1n) is 12.0. The van der Waals surface area contributed by atoms with Crippen LogP contribution in [0.15, 0.2) is 90.3 Å². The van der Waals surface area contributed by atoms with Crippen molar-refractivity contribution in [1.82, 2.24) is 14.3 Å². The van der Waals surface area contributed by atoms with Gasteiger partial charge < -0.3 is 9.88 Å². The largest absolute Gasteiger partial charge is 0.435 e. The molecule has 0 unspecified atom stereocenters. The van der Waals surface area contributed by atoms with E-state index < -0.39 is 11.9 Å². The van der Waals surface area contributed by atoms with Crippen LogP contribution in [0.2, 0.25) is 0 Å². The number of thiophene rings is 1. The Morgan fingerprint density at radius 3 is 2.39 bits per heavy atom. The van der Waals surface area contributed by atoms with Crippen molar-refractivity contribution in [3.63, 3.8) is 0 Å². The minimum absolute atomic E-state index is 0.315. The van der Waals surface area contributed by atoms with Crippen molar-refractivity contribution < 1.29 is 18.0 Å². The SMILES string of the molecule is CCn1c2ccccc2c2cc(NC(=O)c3ccc(-n4nc(C(F)(F)F)cc4-c4cccs4)cc3)ccc21. The van der Waals surface area contributed by atoms with Crippen LogP contribution in [0, 0.1) is 0 Å². The lowest BCUT2D eigenvalue weighted by Crippen LogP contribution is -2.12. The highest BCUT2D eigenvalue weighted by atomic mass is 32.1. The van der Waals surface area contributed by atoms with Crippen LogP contribution in [0.1, 0.15) is 23.0 Å². The first kappa shape index (κ1) is 24.0. The molecule has 0 spiro atoms. The Hall–Kier alpha value is -4.37. The van der Waals surface area contributed by atoms with Crippen molar-refractivity contribution in [2.24, 2.45) is 0 Å². The molecular formula is C29H21F3N4OS. The van der Waals surface area contributed by atoms with Crippen LogP contribution in [-0.4, -0.2) is 20.3 Å². The molecular weight excluding hydrogens is 509 g/mol. The average Bonchev–Trinajstić information content (AvgIpc) is 3.66. The Morgan fingerprint density at radius 1 is 0.921 bits per heavy atom. The number of aryl methyl sites for hydroxylation is 1. The maximum Gasteiger partial charge on any atom is 0.435 e. The van der Waals surface area contributed by atoms with E-state index in [9.17, 15) is 18.0 Å². The minimum atomic E-state index is -4.57. The van der Waals surface area contributed by atoms with E-state index in [1.807, 2.05) is 30.3 Å². The normalized spacial score (nSPS) is 11.9. The minimum Gasteiger partial charge on any atom is -0.341 e. The van der Waals surface area contributed by atoms with Gasteiger partial charge >= 0.3 is 6.18 Å². The van der Waals surface area contributed by atoms with E-state index >= 15 is 0 Å². The van der Waals surface area contributed by atoms with Gasteiger partial charge in [-0.3, -0.25) is 4.79 Å². The number of halogens is 3. The lowest BCUT2D eigenvalue weighted by Gasteiger charge is -2.09. The molecule has 1 amide bonds. The zero-order valence-electron chi connectivity index (χ0n) is 20.2. The van der Waals surface area contributed by atoms with Crippen molar-refractivity contribution in [3.05, 3.63) is 102 Å². The lowest BCUT2D eigenvalue weighted by molar-refractivity contribution is -0.141. The smallest absolute Gasteiger partial charge is 0.341 e. The van der Waals surface area contributed by atoms with Gasteiger partial charge in [0.15, 0.2) is 5.69 Å². The van der Waals surface area contributed by atoms with Crippen LogP contribution in [0.3, 0.4) is 0 Å². The predicted molar refractivity (Wildman–Crippen MR) is 145 cm³/mol. The number of hydrogen-bond acceptors (Lipinski definition) is 3. The molecule has 0 fully saturated rings. The van der Waals surface area contributed by atoms with Gasteiger partial charge in [0.05, 0.1) is 16.3 Å². The molecule has 6 aromatic rings. The number of carbonyl (C=O) groups excluding carboxylic acids is 1. The van der Waals surface area contributed by atoms with E-state index in [1.165, 1.54) is 16.0 Å². The standard InChI is InChI=1S/C29H21F3N4OS/c1-2-35-23-7-4-3-6-21(23)22-16-19(11-14-24(22)35)33-28(37)18-9-12-20(13-10-18)36-25(26-8-5-15-38-26)17-27(34-36)29(30,31)32/h3-17H,2H2,1H3,(H,33,37). The molecule has 0 aliphatic rings. The average molecular weight is 531 g/mol. The number of nitrogens with zero attached hydrogens (tertiary/aromatic N) is 3. The number of nitrogens with one attached hydrogen (secondary N) is 1. The molecule has 3 heterocycles. The summed E-state index contributed by atoms with van der Waals surface area (Å²) in [7, 11) is 0. The zero-order valence-corrected chi connectivity index (χ0v) is 21.0. The third-order valence-electron chi connectivity index (χ3n) is 6.49. The highest BCUT2D eigenvalue weighted by molar-refractivity contribution is 7.13. The van der Waals surface area contributed by atoms with Gasteiger partial charge in [-0.25, -0.2) is 4.68 Å². The van der Waals surface area contributed by atoms with Crippen molar-refractivity contribution in [3.8, 4) is 16.3 Å². The van der Waals surface area contributed by atoms with E-state index in [1.54, 1.807) is 41.8 Å². The van der Waals surface area contributed by atoms with Crippen LogP contribution in [0.25, 0.3) is 38.1 Å². The molecule has 0 saturated heterocycles. The fourth-order valence-corrected chi connectivity index (χ4v) is 5.47. The number of amides is 1. The second-order valence-corrected chi connectivity index (χ2v) is 9.74. The fourth-order valence-electron chi connectivity index (χ4n) is 4.75. The van der Waals surface area contributed by atoms with Gasteiger partial charge in [-0.1, -0.05) is 24.3 Å². The van der Waals surface area contributed by atoms with Crippen molar-refractivity contribution in [2.45, 2.75) is 19.6 Å². The maximum absolute atomic E-state index is 13.4. The van der Waals surface area contributed by atoms with E-state index in [2.05, 4.69) is 34.0 Å². The molecule has 0 saturated carbocycles. The molecule has 0 aliphatic heterocycles. The zero-order chi connectivity index (χ0) is 26.4. The van der Waals surface area contributed by atoms with Gasteiger partial charge in [0.2, 0.25) is 0 Å². The Morgan fingerprint density at radius 2 is 1.68 bits per heavy atom. The molecule has 0 radical (unpaired) electrons. The van der Waals surface area contributed by atoms with Crippen LogP contribution < -0.4 is 5.32 Å². The number of fused-ring (bicyclic) bond motifs is 3. The number of anilines is 1. The maximum atomic E-state index is 13.4. The molecule has 1 N–H and O–H groups in total. The van der Waals surface area contributed by atoms with Gasteiger partial charge in [0.1, 0.15) is 0 Å². The summed E-state index contributed by atoms with van der Waals surface area (Å²) >= 11 is 1.33. The molecule has 3 aromatic carbocycles. The molecule has 3 aromatic heterocycles. The number of hydrogen-bond donors (Lipinski definition) is 1. The summed E-state index contributed by atoms with van der Waals surface area (Å²) in [5, 5.41) is 10.7. The molecule has 190 valence electrons. The summed E-state index contributed by atoms with van der Waals surface area (Å²) in [5.74, 6) is -0.315. The Balaban J connectivity index is 1.29. The summed E-state index contributed by atoms with van der Waals surface area (Å²) < 4.78 is 43.7. The highest BCUT2D eigenvalue weighted by Gasteiger charge is 2.35. The van der Waals surface area contributed by atoms with Gasteiger partial charge in [-0.15, -0.1) is 11.3 Å². The van der Waals surface area contributed by atoms with Gasteiger partial charge in [0.25, 0.3) is 5.91 Å². The van der Waals surface area contributed by atoms with E-state index in [4.69, 9.17) is 0 Å². The number of rotatable bonds is 5. The second-order valence-electron chi connectivity index (χ2n) is 8.80. The van der Waals surface area contributed by atoms with Gasteiger partial charge in [-0.05, 0) is 73.0 Å². The first-order valence-corrected chi connectivity index (χ1v) is 12.9. The van der Waals surface area contributed by atoms with Crippen molar-refractivity contribution >= 4 is 44.7 Å². The summed E-state index contributed by atoms with van der Waals surface area (Å²) in [6.07, 6.45) is -4.57. The van der Waals surface area contributed by atoms with Crippen molar-refractivity contribution in [1.29, 1.82) is 0 Å². The Labute approximate surface area is 219 Å². The molecule has 0 bridgehead atoms. The molecule has 0 aliphatic carbocycles. The van der Waals surface area contributed by atoms with E-state index in [-0.39, 0.29) is 5.91 Å². The quantitative estimate of drug-likeness (QED) is 0.246. The predicted octanol–water partition coefficient (Wildman–Crippen LogP) is 8.00. The number of para-hydroxylation sites is 1. The lowest BCUT2D eigenvalue weighted by atomic mass is 10.1. The molecule has 9 heteroatoms. The number of aromatic nitrogens is 3. The second kappa shape index (κ2) is 9.18. The fraction of sp³-hybridized carbons (Fsp3) is 0.103. The third-order valence-corrected chi connectivity index (χ3v) is 7.39. The van der Waals surface area contributed by atoms with Crippen LogP contribution in [0.5, 0.6) is 0 Å². The van der Waals surface area contributed by atoms with Gasteiger partial charge in [0, 0.05) is 39.6 Å². The van der Waals surface area contributed by atoms with Crippen LogP contribution in [-0.2, 0) is 12.7 Å². The molecule has 6 rings (SSSR count). The first-order chi connectivity index (χ1) is 18.3. The Bertz CT molecular complexity index is 1780.